The molecule has 0 spiro atoms. The number of benzene rings is 2. The van der Waals surface area contributed by atoms with Gasteiger partial charge in [-0.1, -0.05) is 19.1 Å². The Bertz CT molecular complexity index is 1120. The van der Waals surface area contributed by atoms with Gasteiger partial charge in [-0.05, 0) is 76.1 Å². The number of carbonyl (C=O) groups excluding carboxylic acids is 2. The molecule has 0 fully saturated rings. The molecule has 0 amide bonds. The molecule has 168 valence electrons. The Morgan fingerprint density at radius 3 is 2.28 bits per heavy atom. The lowest BCUT2D eigenvalue weighted by Crippen LogP contribution is -2.38. The first kappa shape index (κ1) is 23.4. The Hall–Kier alpha value is -3.25. The number of hydrogen-bond donors (Lipinski definition) is 0. The SMILES string of the molecule is CCOC(=O)c1cc2ccc(CC)cc2nc1-c1ccc(OC(=O)C(C)(C)OCC)cc1. The molecular formula is C26H29NO5. The zero-order valence-electron chi connectivity index (χ0n) is 19.2. The van der Waals surface area contributed by atoms with E-state index in [1.165, 1.54) is 5.56 Å². The summed E-state index contributed by atoms with van der Waals surface area (Å²) in [5, 5.41) is 0.873. The van der Waals surface area contributed by atoms with E-state index in [0.717, 1.165) is 22.9 Å². The fourth-order valence-electron chi connectivity index (χ4n) is 3.35. The van der Waals surface area contributed by atoms with Gasteiger partial charge in [0.2, 0.25) is 0 Å². The first-order valence-electron chi connectivity index (χ1n) is 10.9. The van der Waals surface area contributed by atoms with Crippen LogP contribution in [0.2, 0.25) is 0 Å². The molecule has 0 N–H and O–H groups in total. The molecule has 1 heterocycles. The van der Waals surface area contributed by atoms with Gasteiger partial charge in [-0.25, -0.2) is 14.6 Å². The Kier molecular flexibility index (Phi) is 7.26. The summed E-state index contributed by atoms with van der Waals surface area (Å²) < 4.78 is 16.2. The number of esters is 2. The van der Waals surface area contributed by atoms with Gasteiger partial charge in [0.15, 0.2) is 5.60 Å². The number of ether oxygens (including phenoxy) is 3. The van der Waals surface area contributed by atoms with Crippen LogP contribution in [0.1, 0.15) is 50.5 Å². The Balaban J connectivity index is 1.99. The van der Waals surface area contributed by atoms with Crippen LogP contribution >= 0.6 is 0 Å². The Morgan fingerprint density at radius 1 is 0.938 bits per heavy atom. The van der Waals surface area contributed by atoms with Gasteiger partial charge >= 0.3 is 11.9 Å². The summed E-state index contributed by atoms with van der Waals surface area (Å²) in [6.07, 6.45) is 0.894. The second-order valence-electron chi connectivity index (χ2n) is 7.84. The summed E-state index contributed by atoms with van der Waals surface area (Å²) in [5.41, 5.74) is 2.57. The van der Waals surface area contributed by atoms with E-state index < -0.39 is 17.5 Å². The van der Waals surface area contributed by atoms with Crippen LogP contribution in [0.5, 0.6) is 5.75 Å². The highest BCUT2D eigenvalue weighted by molar-refractivity contribution is 6.00. The third-order valence-corrected chi connectivity index (χ3v) is 5.12. The number of aromatic nitrogens is 1. The third-order valence-electron chi connectivity index (χ3n) is 5.12. The van der Waals surface area contributed by atoms with E-state index >= 15 is 0 Å². The van der Waals surface area contributed by atoms with Crippen LogP contribution < -0.4 is 4.74 Å². The molecular weight excluding hydrogens is 406 g/mol. The van der Waals surface area contributed by atoms with E-state index in [2.05, 4.69) is 6.92 Å². The zero-order chi connectivity index (χ0) is 23.3. The molecule has 3 rings (SSSR count). The standard InChI is InChI=1S/C26H29NO5/c1-6-17-9-10-19-16-21(24(28)30-7-2)23(27-22(19)15-17)18-11-13-20(14-12-18)32-25(29)26(4,5)31-8-3/h9-16H,6-8H2,1-5H3. The van der Waals surface area contributed by atoms with Crippen molar-refractivity contribution >= 4 is 22.8 Å². The average Bonchev–Trinajstić information content (AvgIpc) is 2.78. The Morgan fingerprint density at radius 2 is 1.66 bits per heavy atom. The molecule has 2 aromatic carbocycles. The fraction of sp³-hybridized carbons (Fsp3) is 0.346. The van der Waals surface area contributed by atoms with Gasteiger partial charge in [0.05, 0.1) is 23.4 Å². The normalized spacial score (nSPS) is 11.4. The third kappa shape index (κ3) is 5.14. The second-order valence-corrected chi connectivity index (χ2v) is 7.84. The highest BCUT2D eigenvalue weighted by atomic mass is 16.6. The molecule has 0 aliphatic carbocycles. The molecule has 6 nitrogen and oxygen atoms in total. The molecule has 0 saturated carbocycles. The number of nitrogens with zero attached hydrogens (tertiary/aromatic N) is 1. The maximum absolute atomic E-state index is 12.6. The maximum Gasteiger partial charge on any atom is 0.343 e. The minimum Gasteiger partial charge on any atom is -0.462 e. The van der Waals surface area contributed by atoms with Gasteiger partial charge in [0.1, 0.15) is 5.75 Å². The van der Waals surface area contributed by atoms with Crippen molar-refractivity contribution in [2.75, 3.05) is 13.2 Å². The second kappa shape index (κ2) is 9.92. The van der Waals surface area contributed by atoms with E-state index in [9.17, 15) is 9.59 Å². The maximum atomic E-state index is 12.6. The van der Waals surface area contributed by atoms with E-state index in [4.69, 9.17) is 19.2 Å². The average molecular weight is 436 g/mol. The van der Waals surface area contributed by atoms with Crippen molar-refractivity contribution in [1.29, 1.82) is 0 Å². The van der Waals surface area contributed by atoms with Crippen LogP contribution in [0.4, 0.5) is 0 Å². The molecule has 0 bridgehead atoms. The van der Waals surface area contributed by atoms with Crippen LogP contribution in [0.3, 0.4) is 0 Å². The van der Waals surface area contributed by atoms with Crippen LogP contribution in [-0.4, -0.2) is 35.7 Å². The summed E-state index contributed by atoms with van der Waals surface area (Å²) in [7, 11) is 0. The molecule has 6 heteroatoms. The highest BCUT2D eigenvalue weighted by Gasteiger charge is 2.30. The van der Waals surface area contributed by atoms with Crippen molar-refractivity contribution in [2.24, 2.45) is 0 Å². The number of carbonyl (C=O) groups is 2. The van der Waals surface area contributed by atoms with Crippen molar-refractivity contribution in [2.45, 2.75) is 46.6 Å². The van der Waals surface area contributed by atoms with Gasteiger partial charge in [-0.15, -0.1) is 0 Å². The van der Waals surface area contributed by atoms with Crippen molar-refractivity contribution in [1.82, 2.24) is 4.98 Å². The number of hydrogen-bond acceptors (Lipinski definition) is 6. The number of fused-ring (bicyclic) bond motifs is 1. The summed E-state index contributed by atoms with van der Waals surface area (Å²) in [5.74, 6) is -0.515. The van der Waals surface area contributed by atoms with Gasteiger partial charge in [0.25, 0.3) is 0 Å². The predicted molar refractivity (Wildman–Crippen MR) is 124 cm³/mol. The zero-order valence-corrected chi connectivity index (χ0v) is 19.2. The molecule has 0 unspecified atom stereocenters. The van der Waals surface area contributed by atoms with Crippen molar-refractivity contribution in [3.8, 4) is 17.0 Å². The van der Waals surface area contributed by atoms with Gasteiger partial charge in [-0.2, -0.15) is 0 Å². The lowest BCUT2D eigenvalue weighted by Gasteiger charge is -2.22. The first-order valence-corrected chi connectivity index (χ1v) is 10.9. The largest absolute Gasteiger partial charge is 0.462 e. The van der Waals surface area contributed by atoms with Gasteiger partial charge in [-0.3, -0.25) is 0 Å². The Labute approximate surface area is 188 Å². The van der Waals surface area contributed by atoms with Crippen LogP contribution in [-0.2, 0) is 20.7 Å². The van der Waals surface area contributed by atoms with Gasteiger partial charge in [0, 0.05) is 17.6 Å². The predicted octanol–water partition coefficient (Wildman–Crippen LogP) is 5.36. The summed E-state index contributed by atoms with van der Waals surface area (Å²) in [6.45, 7) is 9.70. The van der Waals surface area contributed by atoms with E-state index in [1.54, 1.807) is 45.0 Å². The molecule has 0 aliphatic rings. The summed E-state index contributed by atoms with van der Waals surface area (Å²) in [4.78, 5) is 29.8. The van der Waals surface area contributed by atoms with Crippen molar-refractivity contribution in [3.63, 3.8) is 0 Å². The smallest absolute Gasteiger partial charge is 0.343 e. The van der Waals surface area contributed by atoms with Gasteiger partial charge < -0.3 is 14.2 Å². The van der Waals surface area contributed by atoms with Crippen LogP contribution in [0, 0.1) is 0 Å². The molecule has 3 aromatic rings. The minimum absolute atomic E-state index is 0.273. The molecule has 0 saturated heterocycles. The quantitative estimate of drug-likeness (QED) is 0.350. The minimum atomic E-state index is -1.04. The summed E-state index contributed by atoms with van der Waals surface area (Å²) >= 11 is 0. The van der Waals surface area contributed by atoms with Crippen LogP contribution in [0.25, 0.3) is 22.2 Å². The van der Waals surface area contributed by atoms with Crippen molar-refractivity contribution in [3.05, 3.63) is 59.7 Å². The monoisotopic (exact) mass is 435 g/mol. The molecule has 0 radical (unpaired) electrons. The molecule has 1 aromatic heterocycles. The topological polar surface area (TPSA) is 74.7 Å². The van der Waals surface area contributed by atoms with Crippen LogP contribution in [0.15, 0.2) is 48.5 Å². The van der Waals surface area contributed by atoms with Crippen molar-refractivity contribution < 1.29 is 23.8 Å². The lowest BCUT2D eigenvalue weighted by atomic mass is 10.0. The number of rotatable bonds is 8. The van der Waals surface area contributed by atoms with E-state index in [-0.39, 0.29) is 6.61 Å². The van der Waals surface area contributed by atoms with E-state index in [0.29, 0.717) is 23.6 Å². The lowest BCUT2D eigenvalue weighted by molar-refractivity contribution is -0.157. The molecule has 0 aliphatic heterocycles. The van der Waals surface area contributed by atoms with E-state index in [1.807, 2.05) is 31.2 Å². The fourth-order valence-corrected chi connectivity index (χ4v) is 3.35. The summed E-state index contributed by atoms with van der Waals surface area (Å²) in [6, 6.07) is 14.8. The number of pyridine rings is 1. The highest BCUT2D eigenvalue weighted by Crippen LogP contribution is 2.29. The molecule has 0 atom stereocenters. The molecule has 32 heavy (non-hydrogen) atoms. The number of aryl methyl sites for hydroxylation is 1. The first-order chi connectivity index (χ1) is 15.3.